The molecule has 0 radical (unpaired) electrons. The second kappa shape index (κ2) is 8.45. The number of hydrogen-bond donors (Lipinski definition) is 2. The molecule has 0 saturated heterocycles. The van der Waals surface area contributed by atoms with E-state index in [2.05, 4.69) is 5.32 Å². The van der Waals surface area contributed by atoms with Crippen molar-refractivity contribution in [1.82, 2.24) is 5.32 Å². The highest BCUT2D eigenvalue weighted by Gasteiger charge is 2.14. The van der Waals surface area contributed by atoms with E-state index in [1.165, 1.54) is 28.7 Å². The number of carbonyl (C=O) groups excluding carboxylic acids is 1. The quantitative estimate of drug-likeness (QED) is 0.590. The minimum Gasteiger partial charge on any atom is -0.382 e. The van der Waals surface area contributed by atoms with Crippen molar-refractivity contribution in [2.24, 2.45) is 0 Å². The van der Waals surface area contributed by atoms with Gasteiger partial charge in [-0.3, -0.25) is 4.79 Å². The van der Waals surface area contributed by atoms with Gasteiger partial charge in [0.05, 0.1) is 6.54 Å². The summed E-state index contributed by atoms with van der Waals surface area (Å²) in [5.74, 6) is -0.186. The number of amides is 1. The Kier molecular flexibility index (Phi) is 6.04. The molecule has 3 rings (SSSR count). The number of aliphatic hydroxyl groups is 1. The Bertz CT molecular complexity index is 871. The van der Waals surface area contributed by atoms with Gasteiger partial charge < -0.3 is 10.4 Å². The summed E-state index contributed by atoms with van der Waals surface area (Å²) >= 11 is 9.07. The molecule has 1 atom stereocenters. The Labute approximate surface area is 159 Å². The van der Waals surface area contributed by atoms with Gasteiger partial charge in [-0.05, 0) is 41.3 Å². The zero-order chi connectivity index (χ0) is 17.6. The van der Waals surface area contributed by atoms with Gasteiger partial charge in [-0.15, -0.1) is 22.7 Å². The fourth-order valence-corrected chi connectivity index (χ4v) is 4.19. The van der Waals surface area contributed by atoms with Gasteiger partial charge in [0, 0.05) is 25.7 Å². The van der Waals surface area contributed by atoms with Crippen LogP contribution in [-0.4, -0.2) is 11.0 Å². The lowest BCUT2D eigenvalue weighted by Crippen LogP contribution is -2.19. The van der Waals surface area contributed by atoms with Gasteiger partial charge in [0.1, 0.15) is 6.10 Å². The molecule has 128 valence electrons. The van der Waals surface area contributed by atoms with E-state index >= 15 is 0 Å². The standard InChI is InChI=1S/C19H16ClNO2S2/c20-15-5-2-1-4-13(15)7-10-18(22)21-12-14-8-9-17(25-14)19(23)16-6-3-11-24-16/h1-11,19,23H,12H2,(H,21,22)/b10-7+/t19-/m0/s1. The smallest absolute Gasteiger partial charge is 0.244 e. The number of aliphatic hydroxyl groups excluding tert-OH is 1. The number of thiophene rings is 2. The maximum Gasteiger partial charge on any atom is 0.244 e. The summed E-state index contributed by atoms with van der Waals surface area (Å²) in [6.07, 6.45) is 2.56. The van der Waals surface area contributed by atoms with Crippen molar-refractivity contribution in [1.29, 1.82) is 0 Å². The second-order valence-electron chi connectivity index (χ2n) is 5.29. The van der Waals surface area contributed by atoms with E-state index < -0.39 is 6.10 Å². The average molecular weight is 390 g/mol. The topological polar surface area (TPSA) is 49.3 Å². The third-order valence-electron chi connectivity index (χ3n) is 3.52. The van der Waals surface area contributed by atoms with Gasteiger partial charge in [-0.2, -0.15) is 0 Å². The van der Waals surface area contributed by atoms with Crippen molar-refractivity contribution in [3.63, 3.8) is 0 Å². The summed E-state index contributed by atoms with van der Waals surface area (Å²) in [4.78, 5) is 14.7. The van der Waals surface area contributed by atoms with Gasteiger partial charge in [-0.1, -0.05) is 35.9 Å². The molecule has 0 aliphatic rings. The van der Waals surface area contributed by atoms with Crippen molar-refractivity contribution < 1.29 is 9.90 Å². The number of nitrogens with one attached hydrogen (secondary N) is 1. The van der Waals surface area contributed by atoms with Crippen LogP contribution in [0.1, 0.15) is 26.3 Å². The summed E-state index contributed by atoms with van der Waals surface area (Å²) in [5, 5.41) is 15.7. The third-order valence-corrected chi connectivity index (χ3v) is 5.93. The molecule has 0 unspecified atom stereocenters. The Balaban J connectivity index is 1.55. The van der Waals surface area contributed by atoms with E-state index in [0.29, 0.717) is 11.6 Å². The molecule has 0 spiro atoms. The number of benzene rings is 1. The summed E-state index contributed by atoms with van der Waals surface area (Å²) in [6, 6.07) is 15.0. The summed E-state index contributed by atoms with van der Waals surface area (Å²) in [6.45, 7) is 0.424. The van der Waals surface area contributed by atoms with E-state index in [0.717, 1.165) is 20.2 Å². The van der Waals surface area contributed by atoms with Crippen LogP contribution in [0.5, 0.6) is 0 Å². The fourth-order valence-electron chi connectivity index (χ4n) is 2.23. The van der Waals surface area contributed by atoms with Crippen molar-refractivity contribution in [2.45, 2.75) is 12.6 Å². The summed E-state index contributed by atoms with van der Waals surface area (Å²) < 4.78 is 0. The first-order valence-corrected chi connectivity index (χ1v) is 9.71. The lowest BCUT2D eigenvalue weighted by Gasteiger charge is -2.05. The van der Waals surface area contributed by atoms with E-state index in [-0.39, 0.29) is 5.91 Å². The Morgan fingerprint density at radius 3 is 2.76 bits per heavy atom. The molecule has 1 amide bonds. The Hall–Kier alpha value is -1.92. The molecule has 0 saturated carbocycles. The highest BCUT2D eigenvalue weighted by atomic mass is 35.5. The molecule has 0 bridgehead atoms. The first kappa shape index (κ1) is 17.9. The van der Waals surface area contributed by atoms with Gasteiger partial charge in [0.2, 0.25) is 5.91 Å². The summed E-state index contributed by atoms with van der Waals surface area (Å²) in [5.41, 5.74) is 0.803. The maximum atomic E-state index is 11.9. The van der Waals surface area contributed by atoms with E-state index in [4.69, 9.17) is 11.6 Å². The molecule has 3 aromatic rings. The number of halogens is 1. The molecule has 0 aliphatic heterocycles. The molecule has 2 heterocycles. The largest absolute Gasteiger partial charge is 0.382 e. The van der Waals surface area contributed by atoms with Crippen molar-refractivity contribution in [3.8, 4) is 0 Å². The molecule has 2 aromatic heterocycles. The molecular weight excluding hydrogens is 374 g/mol. The SMILES string of the molecule is O=C(/C=C/c1ccccc1Cl)NCc1ccc([C@@H](O)c2cccs2)s1. The monoisotopic (exact) mass is 389 g/mol. The predicted octanol–water partition coefficient (Wildman–Crippen LogP) is 4.87. The van der Waals surface area contributed by atoms with E-state index in [9.17, 15) is 9.90 Å². The zero-order valence-corrected chi connectivity index (χ0v) is 15.6. The number of rotatable bonds is 6. The van der Waals surface area contributed by atoms with Gasteiger partial charge in [0.25, 0.3) is 0 Å². The molecule has 3 nitrogen and oxygen atoms in total. The van der Waals surface area contributed by atoms with Crippen molar-refractivity contribution in [2.75, 3.05) is 0 Å². The number of carbonyl (C=O) groups is 1. The minimum absolute atomic E-state index is 0.186. The van der Waals surface area contributed by atoms with Crippen LogP contribution in [0.3, 0.4) is 0 Å². The maximum absolute atomic E-state index is 11.9. The van der Waals surface area contributed by atoms with Crippen LogP contribution in [0.25, 0.3) is 6.08 Å². The second-order valence-corrected chi connectivity index (χ2v) is 7.88. The third kappa shape index (κ3) is 4.80. The molecule has 0 aliphatic carbocycles. The molecule has 25 heavy (non-hydrogen) atoms. The Morgan fingerprint density at radius 2 is 2.00 bits per heavy atom. The van der Waals surface area contributed by atoms with Crippen LogP contribution in [-0.2, 0) is 11.3 Å². The zero-order valence-electron chi connectivity index (χ0n) is 13.2. The van der Waals surface area contributed by atoms with E-state index in [1.807, 2.05) is 47.8 Å². The van der Waals surface area contributed by atoms with Crippen LogP contribution in [0.15, 0.2) is 60.0 Å². The lowest BCUT2D eigenvalue weighted by molar-refractivity contribution is -0.116. The molecule has 2 N–H and O–H groups in total. The van der Waals surface area contributed by atoms with Crippen LogP contribution in [0.2, 0.25) is 5.02 Å². The molecule has 0 fully saturated rings. The summed E-state index contributed by atoms with van der Waals surface area (Å²) in [7, 11) is 0. The van der Waals surface area contributed by atoms with Crippen molar-refractivity contribution >= 4 is 46.3 Å². The van der Waals surface area contributed by atoms with Crippen LogP contribution < -0.4 is 5.32 Å². The average Bonchev–Trinajstić information content (AvgIpc) is 3.30. The lowest BCUT2D eigenvalue weighted by atomic mass is 10.2. The van der Waals surface area contributed by atoms with Gasteiger partial charge >= 0.3 is 0 Å². The molecule has 6 heteroatoms. The first-order chi connectivity index (χ1) is 12.1. The van der Waals surface area contributed by atoms with E-state index in [1.54, 1.807) is 12.1 Å². The minimum atomic E-state index is -0.602. The predicted molar refractivity (Wildman–Crippen MR) is 105 cm³/mol. The highest BCUT2D eigenvalue weighted by Crippen LogP contribution is 2.30. The normalized spacial score (nSPS) is 12.4. The van der Waals surface area contributed by atoms with Gasteiger partial charge in [-0.25, -0.2) is 0 Å². The molecular formula is C19H16ClNO2S2. The van der Waals surface area contributed by atoms with Crippen LogP contribution in [0.4, 0.5) is 0 Å². The first-order valence-electron chi connectivity index (χ1n) is 7.64. The molecule has 1 aromatic carbocycles. The van der Waals surface area contributed by atoms with Crippen LogP contribution in [0, 0.1) is 0 Å². The Morgan fingerprint density at radius 1 is 1.16 bits per heavy atom. The van der Waals surface area contributed by atoms with Crippen molar-refractivity contribution in [3.05, 3.63) is 85.2 Å². The van der Waals surface area contributed by atoms with Gasteiger partial charge in [0.15, 0.2) is 0 Å². The fraction of sp³-hybridized carbons (Fsp3) is 0.105. The number of hydrogen-bond acceptors (Lipinski definition) is 4. The van der Waals surface area contributed by atoms with Crippen LogP contribution >= 0.6 is 34.3 Å². The highest BCUT2D eigenvalue weighted by molar-refractivity contribution is 7.12.